The van der Waals surface area contributed by atoms with Gasteiger partial charge in [-0.05, 0) is 19.1 Å². The standard InChI is InChI=1S/C10H12N2O3/c1-2-14-10(13)8-6-15-9-7(12-8)4-3-5-11-9/h3-5,8,12H,2,6H2,1H3. The Morgan fingerprint density at radius 2 is 2.67 bits per heavy atom. The molecule has 0 amide bonds. The molecule has 0 bridgehead atoms. The van der Waals surface area contributed by atoms with E-state index in [1.165, 1.54) is 0 Å². The molecule has 0 saturated heterocycles. The number of ether oxygens (including phenoxy) is 2. The van der Waals surface area contributed by atoms with Crippen LogP contribution in [-0.2, 0) is 9.53 Å². The Labute approximate surface area is 87.4 Å². The highest BCUT2D eigenvalue weighted by molar-refractivity contribution is 5.80. The van der Waals surface area contributed by atoms with E-state index < -0.39 is 6.04 Å². The van der Waals surface area contributed by atoms with Crippen molar-refractivity contribution < 1.29 is 14.3 Å². The molecule has 1 aliphatic rings. The molecular weight excluding hydrogens is 196 g/mol. The predicted octanol–water partition coefficient (Wildman–Crippen LogP) is 0.818. The molecule has 1 aromatic heterocycles. The van der Waals surface area contributed by atoms with Gasteiger partial charge in [0.05, 0.1) is 12.3 Å². The largest absolute Gasteiger partial charge is 0.473 e. The summed E-state index contributed by atoms with van der Waals surface area (Å²) >= 11 is 0. The highest BCUT2D eigenvalue weighted by atomic mass is 16.5. The van der Waals surface area contributed by atoms with Crippen LogP contribution in [0.2, 0.25) is 0 Å². The number of aromatic nitrogens is 1. The van der Waals surface area contributed by atoms with Crippen LogP contribution in [0.5, 0.6) is 5.88 Å². The van der Waals surface area contributed by atoms with Gasteiger partial charge in [0.25, 0.3) is 0 Å². The Bertz CT molecular complexity index is 367. The van der Waals surface area contributed by atoms with Crippen LogP contribution < -0.4 is 10.1 Å². The van der Waals surface area contributed by atoms with E-state index in [0.29, 0.717) is 12.5 Å². The van der Waals surface area contributed by atoms with Crippen molar-refractivity contribution in [1.82, 2.24) is 4.98 Å². The van der Waals surface area contributed by atoms with E-state index in [4.69, 9.17) is 9.47 Å². The quantitative estimate of drug-likeness (QED) is 0.729. The van der Waals surface area contributed by atoms with Gasteiger partial charge in [-0.15, -0.1) is 0 Å². The SMILES string of the molecule is CCOC(=O)C1COc2ncccc2N1. The minimum absolute atomic E-state index is 0.253. The molecule has 15 heavy (non-hydrogen) atoms. The maximum absolute atomic E-state index is 11.4. The van der Waals surface area contributed by atoms with Gasteiger partial charge in [0, 0.05) is 6.20 Å². The van der Waals surface area contributed by atoms with Gasteiger partial charge in [-0.1, -0.05) is 0 Å². The second-order valence-corrected chi connectivity index (χ2v) is 3.12. The molecule has 0 aromatic carbocycles. The molecule has 0 fully saturated rings. The van der Waals surface area contributed by atoms with Crippen molar-refractivity contribution in [2.75, 3.05) is 18.5 Å². The van der Waals surface area contributed by atoms with Gasteiger partial charge in [-0.2, -0.15) is 0 Å². The van der Waals surface area contributed by atoms with Crippen LogP contribution in [0.3, 0.4) is 0 Å². The van der Waals surface area contributed by atoms with Gasteiger partial charge in [-0.25, -0.2) is 9.78 Å². The van der Waals surface area contributed by atoms with Crippen LogP contribution >= 0.6 is 0 Å². The Morgan fingerprint density at radius 1 is 1.80 bits per heavy atom. The van der Waals surface area contributed by atoms with Crippen LogP contribution in [0.25, 0.3) is 0 Å². The smallest absolute Gasteiger partial charge is 0.332 e. The third kappa shape index (κ3) is 2.01. The Morgan fingerprint density at radius 3 is 3.47 bits per heavy atom. The average Bonchev–Trinajstić information content (AvgIpc) is 2.29. The molecular formula is C10H12N2O3. The molecule has 0 saturated carbocycles. The average molecular weight is 208 g/mol. The number of rotatable bonds is 2. The van der Waals surface area contributed by atoms with E-state index in [1.54, 1.807) is 19.2 Å². The van der Waals surface area contributed by atoms with Crippen LogP contribution in [0.1, 0.15) is 6.92 Å². The van der Waals surface area contributed by atoms with Gasteiger partial charge >= 0.3 is 5.97 Å². The molecule has 1 N–H and O–H groups in total. The lowest BCUT2D eigenvalue weighted by Gasteiger charge is -2.24. The number of pyridine rings is 1. The number of nitrogens with one attached hydrogen (secondary N) is 1. The van der Waals surface area contributed by atoms with Gasteiger partial charge in [-0.3, -0.25) is 0 Å². The fourth-order valence-electron chi connectivity index (χ4n) is 1.38. The lowest BCUT2D eigenvalue weighted by atomic mass is 10.2. The number of anilines is 1. The number of hydrogen-bond acceptors (Lipinski definition) is 5. The fraction of sp³-hybridized carbons (Fsp3) is 0.400. The maximum atomic E-state index is 11.4. The van der Waals surface area contributed by atoms with Crippen LogP contribution in [0.15, 0.2) is 18.3 Å². The van der Waals surface area contributed by atoms with E-state index in [1.807, 2.05) is 6.07 Å². The first-order valence-corrected chi connectivity index (χ1v) is 4.82. The van der Waals surface area contributed by atoms with Crippen molar-refractivity contribution in [3.63, 3.8) is 0 Å². The van der Waals surface area contributed by atoms with Gasteiger partial charge in [0.2, 0.25) is 5.88 Å². The van der Waals surface area contributed by atoms with Gasteiger partial charge < -0.3 is 14.8 Å². The van der Waals surface area contributed by atoms with Crippen LogP contribution in [-0.4, -0.2) is 30.2 Å². The Hall–Kier alpha value is -1.78. The number of carbonyl (C=O) groups is 1. The Kier molecular flexibility index (Phi) is 2.71. The molecule has 1 atom stereocenters. The molecule has 0 spiro atoms. The van der Waals surface area contributed by atoms with Crippen molar-refractivity contribution in [3.05, 3.63) is 18.3 Å². The summed E-state index contributed by atoms with van der Waals surface area (Å²) in [4.78, 5) is 15.4. The number of fused-ring (bicyclic) bond motifs is 1. The fourth-order valence-corrected chi connectivity index (χ4v) is 1.38. The molecule has 80 valence electrons. The van der Waals surface area contributed by atoms with Crippen LogP contribution in [0.4, 0.5) is 5.69 Å². The monoisotopic (exact) mass is 208 g/mol. The molecule has 1 unspecified atom stereocenters. The van der Waals surface area contributed by atoms with Crippen LogP contribution in [0, 0.1) is 0 Å². The topological polar surface area (TPSA) is 60.5 Å². The number of hydrogen-bond donors (Lipinski definition) is 1. The molecule has 0 aliphatic carbocycles. The van der Waals surface area contributed by atoms with E-state index >= 15 is 0 Å². The molecule has 5 heteroatoms. The Balaban J connectivity index is 2.08. The minimum Gasteiger partial charge on any atom is -0.473 e. The minimum atomic E-state index is -0.443. The molecule has 2 heterocycles. The van der Waals surface area contributed by atoms with E-state index in [-0.39, 0.29) is 12.6 Å². The summed E-state index contributed by atoms with van der Waals surface area (Å²) in [7, 11) is 0. The molecule has 1 aromatic rings. The number of esters is 1. The first-order valence-electron chi connectivity index (χ1n) is 4.82. The van der Waals surface area contributed by atoms with Crippen molar-refractivity contribution in [2.45, 2.75) is 13.0 Å². The summed E-state index contributed by atoms with van der Waals surface area (Å²) in [6, 6.07) is 3.15. The lowest BCUT2D eigenvalue weighted by molar-refractivity contribution is -0.144. The first kappa shape index (κ1) is 9.76. The zero-order valence-electron chi connectivity index (χ0n) is 8.40. The number of nitrogens with zero attached hydrogens (tertiary/aromatic N) is 1. The van der Waals surface area contributed by atoms with E-state index in [9.17, 15) is 4.79 Å². The summed E-state index contributed by atoms with van der Waals surface area (Å²) < 4.78 is 10.2. The second-order valence-electron chi connectivity index (χ2n) is 3.12. The summed E-state index contributed by atoms with van der Waals surface area (Å²) in [6.07, 6.45) is 1.64. The third-order valence-electron chi connectivity index (χ3n) is 2.06. The lowest BCUT2D eigenvalue weighted by Crippen LogP contribution is -2.39. The molecule has 1 aliphatic heterocycles. The highest BCUT2D eigenvalue weighted by Gasteiger charge is 2.26. The van der Waals surface area contributed by atoms with E-state index in [2.05, 4.69) is 10.3 Å². The summed E-state index contributed by atoms with van der Waals surface area (Å²) in [5.74, 6) is 0.227. The molecule has 2 rings (SSSR count). The maximum Gasteiger partial charge on any atom is 0.332 e. The zero-order chi connectivity index (χ0) is 10.7. The highest BCUT2D eigenvalue weighted by Crippen LogP contribution is 2.25. The normalized spacial score (nSPS) is 18.3. The zero-order valence-corrected chi connectivity index (χ0v) is 8.40. The van der Waals surface area contributed by atoms with Gasteiger partial charge in [0.15, 0.2) is 6.04 Å². The molecule has 0 radical (unpaired) electrons. The third-order valence-corrected chi connectivity index (χ3v) is 2.06. The first-order chi connectivity index (χ1) is 7.31. The summed E-state index contributed by atoms with van der Waals surface area (Å²) in [5, 5.41) is 3.02. The van der Waals surface area contributed by atoms with Crippen molar-refractivity contribution in [3.8, 4) is 5.88 Å². The van der Waals surface area contributed by atoms with Crippen molar-refractivity contribution in [2.24, 2.45) is 0 Å². The van der Waals surface area contributed by atoms with E-state index in [0.717, 1.165) is 5.69 Å². The van der Waals surface area contributed by atoms with Gasteiger partial charge in [0.1, 0.15) is 6.61 Å². The summed E-state index contributed by atoms with van der Waals surface area (Å²) in [6.45, 7) is 2.40. The molecule has 5 nitrogen and oxygen atoms in total. The predicted molar refractivity (Wildman–Crippen MR) is 53.8 cm³/mol. The summed E-state index contributed by atoms with van der Waals surface area (Å²) in [5.41, 5.74) is 0.724. The van der Waals surface area contributed by atoms with Crippen molar-refractivity contribution >= 4 is 11.7 Å². The van der Waals surface area contributed by atoms with Crippen molar-refractivity contribution in [1.29, 1.82) is 0 Å². The second kappa shape index (κ2) is 4.16. The number of carbonyl (C=O) groups excluding carboxylic acids is 1.